The second-order valence-electron chi connectivity index (χ2n) is 8.17. The summed E-state index contributed by atoms with van der Waals surface area (Å²) in [5.74, 6) is -0.680. The zero-order valence-electron chi connectivity index (χ0n) is 18.3. The molecule has 1 saturated carbocycles. The highest BCUT2D eigenvalue weighted by atomic mass is 16.6. The smallest absolute Gasteiger partial charge is 0.294 e. The van der Waals surface area contributed by atoms with Crippen molar-refractivity contribution in [3.63, 3.8) is 0 Å². The predicted molar refractivity (Wildman–Crippen MR) is 126 cm³/mol. The molecule has 0 unspecified atom stereocenters. The maximum atomic E-state index is 12.8. The van der Waals surface area contributed by atoms with Gasteiger partial charge in [-0.2, -0.15) is 5.10 Å². The first-order valence-corrected chi connectivity index (χ1v) is 10.9. The number of carbonyl (C=O) groups excluding carboxylic acids is 1. The van der Waals surface area contributed by atoms with Crippen molar-refractivity contribution in [2.24, 2.45) is 0 Å². The first-order chi connectivity index (χ1) is 15.9. The number of hydrogen-bond acceptors (Lipinski definition) is 6. The highest BCUT2D eigenvalue weighted by Gasteiger charge is 2.20. The zero-order chi connectivity index (χ0) is 23.4. The SMILES string of the molecule is Cc1cc(=O)c(C(=O)Nc2ccc(NC3CCCCC3)cc2)nn1-c1ccccc1[N+](=O)[O-]. The fourth-order valence-electron chi connectivity index (χ4n) is 4.07. The number of nitrogens with one attached hydrogen (secondary N) is 2. The van der Waals surface area contributed by atoms with E-state index >= 15 is 0 Å². The molecule has 2 aromatic carbocycles. The molecule has 1 aromatic heterocycles. The molecule has 0 aliphatic heterocycles. The van der Waals surface area contributed by atoms with Gasteiger partial charge >= 0.3 is 0 Å². The summed E-state index contributed by atoms with van der Waals surface area (Å²) in [6.45, 7) is 1.60. The van der Waals surface area contributed by atoms with E-state index in [4.69, 9.17) is 0 Å². The minimum absolute atomic E-state index is 0.173. The Balaban J connectivity index is 1.54. The number of hydrogen-bond donors (Lipinski definition) is 2. The van der Waals surface area contributed by atoms with Crippen LogP contribution in [0.3, 0.4) is 0 Å². The van der Waals surface area contributed by atoms with Gasteiger partial charge in [-0.25, -0.2) is 4.68 Å². The van der Waals surface area contributed by atoms with Crippen LogP contribution in [0.2, 0.25) is 0 Å². The lowest BCUT2D eigenvalue weighted by Crippen LogP contribution is -2.27. The van der Waals surface area contributed by atoms with Crippen LogP contribution in [0.15, 0.2) is 59.4 Å². The molecule has 0 atom stereocenters. The molecule has 4 rings (SSSR count). The Morgan fingerprint density at radius 2 is 1.73 bits per heavy atom. The summed E-state index contributed by atoms with van der Waals surface area (Å²) in [7, 11) is 0. The van der Waals surface area contributed by atoms with E-state index in [9.17, 15) is 19.7 Å². The van der Waals surface area contributed by atoms with E-state index in [0.717, 1.165) is 18.5 Å². The van der Waals surface area contributed by atoms with Crippen molar-refractivity contribution >= 4 is 23.0 Å². The molecule has 1 aliphatic carbocycles. The summed E-state index contributed by atoms with van der Waals surface area (Å²) >= 11 is 0. The van der Waals surface area contributed by atoms with Crippen LogP contribution in [0.25, 0.3) is 5.69 Å². The van der Waals surface area contributed by atoms with E-state index in [-0.39, 0.29) is 17.1 Å². The van der Waals surface area contributed by atoms with Gasteiger partial charge in [-0.1, -0.05) is 31.4 Å². The number of amides is 1. The number of nitro benzene ring substituents is 1. The number of aromatic nitrogens is 2. The van der Waals surface area contributed by atoms with E-state index in [1.165, 1.54) is 42.1 Å². The number of nitrogens with zero attached hydrogens (tertiary/aromatic N) is 3. The molecule has 0 saturated heterocycles. The molecule has 33 heavy (non-hydrogen) atoms. The first-order valence-electron chi connectivity index (χ1n) is 10.9. The van der Waals surface area contributed by atoms with Crippen LogP contribution >= 0.6 is 0 Å². The molecule has 0 radical (unpaired) electrons. The van der Waals surface area contributed by atoms with Crippen molar-refractivity contribution in [2.45, 2.75) is 45.1 Å². The number of rotatable bonds is 6. The van der Waals surface area contributed by atoms with Gasteiger partial charge in [0.2, 0.25) is 5.43 Å². The second-order valence-corrected chi connectivity index (χ2v) is 8.17. The summed E-state index contributed by atoms with van der Waals surface area (Å²) < 4.78 is 1.24. The second kappa shape index (κ2) is 9.64. The average Bonchev–Trinajstić information content (AvgIpc) is 2.81. The van der Waals surface area contributed by atoms with Crippen molar-refractivity contribution in [2.75, 3.05) is 10.6 Å². The Morgan fingerprint density at radius 3 is 2.42 bits per heavy atom. The largest absolute Gasteiger partial charge is 0.382 e. The molecule has 1 heterocycles. The van der Waals surface area contributed by atoms with E-state index in [1.54, 1.807) is 31.2 Å². The molecule has 2 N–H and O–H groups in total. The van der Waals surface area contributed by atoms with E-state index in [2.05, 4.69) is 15.7 Å². The fourth-order valence-corrected chi connectivity index (χ4v) is 4.07. The average molecular weight is 447 g/mol. The summed E-state index contributed by atoms with van der Waals surface area (Å²) in [5.41, 5.74) is 0.972. The van der Waals surface area contributed by atoms with Gasteiger partial charge in [0.15, 0.2) is 5.69 Å². The van der Waals surface area contributed by atoms with Gasteiger partial charge in [-0.3, -0.25) is 19.7 Å². The Bertz CT molecular complexity index is 1230. The number of nitro groups is 1. The fraction of sp³-hybridized carbons (Fsp3) is 0.292. The van der Waals surface area contributed by atoms with E-state index in [0.29, 0.717) is 17.4 Å². The van der Waals surface area contributed by atoms with Crippen molar-refractivity contribution in [1.29, 1.82) is 0 Å². The number of carbonyl (C=O) groups is 1. The van der Waals surface area contributed by atoms with Crippen LogP contribution in [-0.4, -0.2) is 26.7 Å². The monoisotopic (exact) mass is 447 g/mol. The predicted octanol–water partition coefficient (Wildman–Crippen LogP) is 4.45. The minimum atomic E-state index is -0.680. The van der Waals surface area contributed by atoms with Gasteiger partial charge in [0.05, 0.1) is 4.92 Å². The molecule has 3 aromatic rings. The maximum absolute atomic E-state index is 12.8. The van der Waals surface area contributed by atoms with Crippen molar-refractivity contribution < 1.29 is 9.72 Å². The van der Waals surface area contributed by atoms with Gasteiger partial charge in [0.25, 0.3) is 11.6 Å². The van der Waals surface area contributed by atoms with Gasteiger partial charge in [-0.05, 0) is 50.1 Å². The summed E-state index contributed by atoms with van der Waals surface area (Å²) in [5, 5.41) is 21.8. The molecule has 0 bridgehead atoms. The lowest BCUT2D eigenvalue weighted by molar-refractivity contribution is -0.384. The molecule has 0 spiro atoms. The maximum Gasteiger partial charge on any atom is 0.294 e. The zero-order valence-corrected chi connectivity index (χ0v) is 18.3. The summed E-state index contributed by atoms with van der Waals surface area (Å²) in [6.07, 6.45) is 6.07. The molecule has 1 fully saturated rings. The Labute approximate surface area is 190 Å². The van der Waals surface area contributed by atoms with Crippen molar-refractivity contribution in [3.05, 3.63) is 86.3 Å². The minimum Gasteiger partial charge on any atom is -0.382 e. The third kappa shape index (κ3) is 5.08. The molecule has 170 valence electrons. The highest BCUT2D eigenvalue weighted by Crippen LogP contribution is 2.24. The van der Waals surface area contributed by atoms with E-state index in [1.807, 2.05) is 12.1 Å². The first kappa shape index (κ1) is 22.2. The molecule has 9 heteroatoms. The van der Waals surface area contributed by atoms with Crippen LogP contribution in [0.4, 0.5) is 17.1 Å². The number of para-hydroxylation sites is 2. The summed E-state index contributed by atoms with van der Waals surface area (Å²) in [4.78, 5) is 36.2. The van der Waals surface area contributed by atoms with Crippen LogP contribution in [0, 0.1) is 17.0 Å². The number of aryl methyl sites for hydroxylation is 1. The van der Waals surface area contributed by atoms with E-state index < -0.39 is 16.3 Å². The van der Waals surface area contributed by atoms with Crippen LogP contribution in [0.5, 0.6) is 0 Å². The number of benzene rings is 2. The normalized spacial score (nSPS) is 14.0. The standard InChI is InChI=1S/C24H25N5O4/c1-16-15-22(30)23(27-28(16)20-9-5-6-10-21(20)29(32)33)24(31)26-19-13-11-18(12-14-19)25-17-7-3-2-4-8-17/h5-6,9-15,17,25H,2-4,7-8H2,1H3,(H,26,31). The van der Waals surface area contributed by atoms with Gasteiger partial charge in [-0.15, -0.1) is 0 Å². The van der Waals surface area contributed by atoms with Crippen LogP contribution in [-0.2, 0) is 0 Å². The lowest BCUT2D eigenvalue weighted by atomic mass is 9.95. The molecule has 9 nitrogen and oxygen atoms in total. The third-order valence-electron chi connectivity index (χ3n) is 5.75. The highest BCUT2D eigenvalue weighted by molar-refractivity contribution is 6.02. The van der Waals surface area contributed by atoms with Gasteiger partial charge in [0.1, 0.15) is 5.69 Å². The van der Waals surface area contributed by atoms with Crippen molar-refractivity contribution in [1.82, 2.24) is 9.78 Å². The number of anilines is 2. The lowest BCUT2D eigenvalue weighted by Gasteiger charge is -2.23. The molecular weight excluding hydrogens is 422 g/mol. The van der Waals surface area contributed by atoms with Crippen LogP contribution in [0.1, 0.15) is 48.3 Å². The Hall–Kier alpha value is -4.01. The topological polar surface area (TPSA) is 119 Å². The molecule has 1 amide bonds. The Kier molecular flexibility index (Phi) is 6.48. The third-order valence-corrected chi connectivity index (χ3v) is 5.75. The quantitative estimate of drug-likeness (QED) is 0.426. The van der Waals surface area contributed by atoms with Crippen molar-refractivity contribution in [3.8, 4) is 5.69 Å². The molecular formula is C24H25N5O4. The van der Waals surface area contributed by atoms with Gasteiger partial charge in [0, 0.05) is 35.2 Å². The Morgan fingerprint density at radius 1 is 1.06 bits per heavy atom. The summed E-state index contributed by atoms with van der Waals surface area (Å²) in [6, 6.07) is 15.0. The van der Waals surface area contributed by atoms with Gasteiger partial charge < -0.3 is 10.6 Å². The van der Waals surface area contributed by atoms with Crippen LogP contribution < -0.4 is 16.1 Å². The molecule has 1 aliphatic rings.